The lowest BCUT2D eigenvalue weighted by Crippen LogP contribution is -2.11. The van der Waals surface area contributed by atoms with Gasteiger partial charge in [0.2, 0.25) is 0 Å². The van der Waals surface area contributed by atoms with E-state index in [-0.39, 0.29) is 16.7 Å². The summed E-state index contributed by atoms with van der Waals surface area (Å²) in [5, 5.41) is 11.6. The average molecular weight is 736 g/mol. The van der Waals surface area contributed by atoms with Crippen molar-refractivity contribution in [2.45, 2.75) is 66.6 Å². The third-order valence-electron chi connectivity index (χ3n) is 10.7. The van der Waals surface area contributed by atoms with Gasteiger partial charge in [0.1, 0.15) is 11.6 Å². The van der Waals surface area contributed by atoms with E-state index in [1.807, 2.05) is 123 Å². The first-order chi connectivity index (χ1) is 28.4. The molecule has 0 unspecified atom stereocenters. The van der Waals surface area contributed by atoms with E-state index < -0.39 is 12.7 Å². The van der Waals surface area contributed by atoms with Gasteiger partial charge < -0.3 is 5.11 Å². The monoisotopic (exact) mass is 735 g/mol. The molecule has 0 aliphatic rings. The van der Waals surface area contributed by atoms with Crippen molar-refractivity contribution in [3.63, 3.8) is 0 Å². The number of phenolic OH excluding ortho intramolecular Hbond substituents is 1. The van der Waals surface area contributed by atoms with Crippen LogP contribution in [-0.2, 0) is 5.41 Å². The van der Waals surface area contributed by atoms with E-state index in [1.165, 1.54) is 0 Å². The summed E-state index contributed by atoms with van der Waals surface area (Å²) in [6, 6.07) is 44.0. The normalized spacial score (nSPS) is 13.3. The Morgan fingerprint density at radius 1 is 0.661 bits per heavy atom. The summed E-state index contributed by atoms with van der Waals surface area (Å²) in [6.07, 6.45) is 1.85. The quantitative estimate of drug-likeness (QED) is 0.177. The van der Waals surface area contributed by atoms with Crippen LogP contribution in [-0.4, -0.2) is 19.6 Å². The maximum absolute atomic E-state index is 11.6. The van der Waals surface area contributed by atoms with Crippen molar-refractivity contribution >= 4 is 11.0 Å². The number of rotatable bonds is 7. The van der Waals surface area contributed by atoms with Crippen LogP contribution in [0.1, 0.15) is 73.8 Å². The molecule has 0 bridgehead atoms. The summed E-state index contributed by atoms with van der Waals surface area (Å²) in [5.41, 5.74) is 13.7. The molecule has 8 aromatic rings. The number of para-hydroxylation sites is 1. The van der Waals surface area contributed by atoms with E-state index in [2.05, 4.69) is 63.2 Å². The number of hydrogen-bond donors (Lipinski definition) is 1. The minimum atomic E-state index is -2.40. The zero-order valence-electron chi connectivity index (χ0n) is 37.1. The van der Waals surface area contributed by atoms with Crippen LogP contribution < -0.4 is 0 Å². The van der Waals surface area contributed by atoms with Crippen molar-refractivity contribution in [2.75, 3.05) is 0 Å². The third kappa shape index (κ3) is 6.92. The van der Waals surface area contributed by atoms with Crippen molar-refractivity contribution in [3.8, 4) is 67.5 Å². The highest BCUT2D eigenvalue weighted by molar-refractivity contribution is 5.97. The van der Waals surface area contributed by atoms with E-state index >= 15 is 0 Å². The lowest BCUT2D eigenvalue weighted by molar-refractivity contribution is 0.472. The number of phenols is 1. The zero-order valence-corrected chi connectivity index (χ0v) is 33.1. The number of aryl methyl sites for hydroxylation is 3. The molecular weight excluding hydrogens is 683 g/mol. The molecule has 0 amide bonds. The largest absolute Gasteiger partial charge is 0.507 e. The van der Waals surface area contributed by atoms with Gasteiger partial charge in [-0.25, -0.2) is 4.98 Å². The third-order valence-corrected chi connectivity index (χ3v) is 10.7. The number of nitrogens with zero attached hydrogens (tertiary/aromatic N) is 3. The minimum absolute atomic E-state index is 0.122. The molecule has 6 aromatic carbocycles. The fourth-order valence-electron chi connectivity index (χ4n) is 7.57. The Bertz CT molecular complexity index is 2900. The van der Waals surface area contributed by atoms with Gasteiger partial charge in [0.25, 0.3) is 0 Å². The molecule has 0 fully saturated rings. The van der Waals surface area contributed by atoms with E-state index in [4.69, 9.17) is 15.5 Å². The molecule has 2 aromatic heterocycles. The Kier molecular flexibility index (Phi) is 8.25. The molecule has 0 saturated carbocycles. The molecule has 8 rings (SSSR count). The van der Waals surface area contributed by atoms with Crippen molar-refractivity contribution in [1.82, 2.24) is 14.5 Å². The molecule has 0 saturated heterocycles. The fraction of sp³-hybridized carbons (Fsp3) is 0.192. The Balaban J connectivity index is 1.35. The number of pyridine rings is 1. The second-order valence-electron chi connectivity index (χ2n) is 16.1. The molecule has 4 heteroatoms. The van der Waals surface area contributed by atoms with Gasteiger partial charge in [0, 0.05) is 28.5 Å². The molecule has 1 N–H and O–H groups in total. The van der Waals surface area contributed by atoms with Crippen molar-refractivity contribution in [3.05, 3.63) is 167 Å². The van der Waals surface area contributed by atoms with Crippen molar-refractivity contribution in [2.24, 2.45) is 0 Å². The zero-order chi connectivity index (χ0) is 42.7. The smallest absolute Gasteiger partial charge is 0.149 e. The van der Waals surface area contributed by atoms with Crippen molar-refractivity contribution in [1.29, 1.82) is 0 Å². The van der Waals surface area contributed by atoms with Crippen LogP contribution in [0, 0.1) is 20.7 Å². The summed E-state index contributed by atoms with van der Waals surface area (Å²) < 4.78 is 36.3. The van der Waals surface area contributed by atoms with Crippen molar-refractivity contribution < 1.29 is 10.6 Å². The topological polar surface area (TPSA) is 50.9 Å². The van der Waals surface area contributed by atoms with E-state index in [0.29, 0.717) is 28.2 Å². The number of fused-ring (bicyclic) bond motifs is 1. The van der Waals surface area contributed by atoms with Crippen LogP contribution in [0.2, 0.25) is 0 Å². The number of aromatic nitrogens is 3. The predicted octanol–water partition coefficient (Wildman–Crippen LogP) is 13.8. The Morgan fingerprint density at radius 3 is 2.16 bits per heavy atom. The van der Waals surface area contributed by atoms with Crippen LogP contribution in [0.4, 0.5) is 0 Å². The lowest BCUT2D eigenvalue weighted by Gasteiger charge is -2.22. The molecular formula is C52H49N3O. The standard InChI is InChI=1S/C52H49N3O/c1-32(2)36-17-19-37(20-18-36)39-23-24-53-47(31-39)41-28-40(29-42(30-41)52(6,7)8)45-15-12-16-48-49(45)54-51(46-26-33(3)25-35(5)50(46)56)55(48)43-21-22-44(34(4)27-43)38-13-10-9-11-14-38/h9-32,56H,1-8H3/i4D3,32D. The first-order valence-corrected chi connectivity index (χ1v) is 19.1. The second-order valence-corrected chi connectivity index (χ2v) is 16.1. The van der Waals surface area contributed by atoms with Gasteiger partial charge in [-0.1, -0.05) is 120 Å². The second kappa shape index (κ2) is 14.4. The first-order valence-electron chi connectivity index (χ1n) is 21.1. The van der Waals surface area contributed by atoms with Crippen LogP contribution in [0.25, 0.3) is 72.7 Å². The van der Waals surface area contributed by atoms with Crippen LogP contribution in [0.5, 0.6) is 5.75 Å². The van der Waals surface area contributed by atoms with E-state index in [1.54, 1.807) is 6.07 Å². The van der Waals surface area contributed by atoms with Gasteiger partial charge in [-0.15, -0.1) is 0 Å². The first kappa shape index (κ1) is 32.0. The number of aromatic hydroxyl groups is 1. The number of benzene rings is 6. The number of imidazole rings is 1. The summed E-state index contributed by atoms with van der Waals surface area (Å²) in [7, 11) is 0. The van der Waals surface area contributed by atoms with Crippen LogP contribution in [0.3, 0.4) is 0 Å². The maximum Gasteiger partial charge on any atom is 0.149 e. The fourth-order valence-corrected chi connectivity index (χ4v) is 7.57. The highest BCUT2D eigenvalue weighted by atomic mass is 16.3. The molecule has 0 aliphatic carbocycles. The molecule has 2 heterocycles. The van der Waals surface area contributed by atoms with Gasteiger partial charge in [0.15, 0.2) is 0 Å². The molecule has 278 valence electrons. The molecule has 4 nitrogen and oxygen atoms in total. The Morgan fingerprint density at radius 2 is 1.43 bits per heavy atom. The van der Waals surface area contributed by atoms with Gasteiger partial charge in [-0.3, -0.25) is 9.55 Å². The van der Waals surface area contributed by atoms with E-state index in [9.17, 15) is 5.11 Å². The highest BCUT2D eigenvalue weighted by Gasteiger charge is 2.23. The molecule has 0 aliphatic heterocycles. The lowest BCUT2D eigenvalue weighted by atomic mass is 9.83. The van der Waals surface area contributed by atoms with Gasteiger partial charge in [-0.05, 0) is 136 Å². The molecule has 0 atom stereocenters. The summed E-state index contributed by atoms with van der Waals surface area (Å²) in [6.45, 7) is 11.9. The van der Waals surface area contributed by atoms with Gasteiger partial charge in [0.05, 0.1) is 22.3 Å². The Labute approximate surface area is 336 Å². The predicted molar refractivity (Wildman–Crippen MR) is 235 cm³/mol. The summed E-state index contributed by atoms with van der Waals surface area (Å²) in [5.74, 6) is -0.0538. The van der Waals surface area contributed by atoms with Gasteiger partial charge in [-0.2, -0.15) is 0 Å². The van der Waals surface area contributed by atoms with Crippen LogP contribution in [0.15, 0.2) is 140 Å². The van der Waals surface area contributed by atoms with Crippen LogP contribution >= 0.6 is 0 Å². The van der Waals surface area contributed by atoms with E-state index in [0.717, 1.165) is 66.8 Å². The molecule has 0 spiro atoms. The maximum atomic E-state index is 11.6. The number of hydrogen-bond acceptors (Lipinski definition) is 3. The average Bonchev–Trinajstić information content (AvgIpc) is 3.61. The van der Waals surface area contributed by atoms with Gasteiger partial charge >= 0.3 is 0 Å². The Hall–Kier alpha value is -6.26. The SMILES string of the molecule is [2H]C([2H])([2H])c1cc(-n2c(-c3cc(C)cc(C)c3O)nc3c(-c4cc(-c5cc(-c6ccc(C([2H])(C)C)cc6)ccn5)cc(C(C)(C)C)c4)cccc32)ccc1-c1ccccc1. The summed E-state index contributed by atoms with van der Waals surface area (Å²) >= 11 is 0. The highest BCUT2D eigenvalue weighted by Crippen LogP contribution is 2.41. The summed E-state index contributed by atoms with van der Waals surface area (Å²) in [4.78, 5) is 10.2. The minimum Gasteiger partial charge on any atom is -0.507 e. The molecule has 0 radical (unpaired) electrons. The molecule has 56 heavy (non-hydrogen) atoms.